The maximum atomic E-state index is 15.3. The Labute approximate surface area is 547 Å². The van der Waals surface area contributed by atoms with Gasteiger partial charge in [-0.1, -0.05) is 170 Å². The first kappa shape index (κ1) is 63.1. The van der Waals surface area contributed by atoms with E-state index in [1.54, 1.807) is 6.07 Å². The Bertz CT molecular complexity index is 4390. The van der Waals surface area contributed by atoms with Crippen LogP contribution in [0.5, 0.6) is 11.5 Å². The maximum Gasteiger partial charge on any atom is 0.255 e. The Morgan fingerprint density at radius 3 is 1.30 bits per heavy atom. The molecule has 474 valence electrons. The normalized spacial score (nSPS) is 13.9. The molecule has 2 heterocycles. The van der Waals surface area contributed by atoms with Gasteiger partial charge in [0.2, 0.25) is 23.6 Å². The molecule has 0 bridgehead atoms. The van der Waals surface area contributed by atoms with Crippen LogP contribution in [0.4, 0.5) is 11.4 Å². The zero-order valence-corrected chi connectivity index (χ0v) is 53.1. The fraction of sp³-hybridized carbons (Fsp3) is 0.215. The van der Waals surface area contributed by atoms with Crippen molar-refractivity contribution in [2.45, 2.75) is 83.1 Å². The predicted octanol–water partition coefficient (Wildman–Crippen LogP) is 11.7. The third kappa shape index (κ3) is 13.5. The van der Waals surface area contributed by atoms with Gasteiger partial charge in [-0.15, -0.1) is 0 Å². The van der Waals surface area contributed by atoms with E-state index in [0.29, 0.717) is 35.7 Å². The van der Waals surface area contributed by atoms with Crippen LogP contribution in [0.15, 0.2) is 224 Å². The fourth-order valence-electron chi connectivity index (χ4n) is 13.2. The number of hydrogen-bond donors (Lipinski definition) is 7. The molecule has 1 spiro atoms. The number of carbonyl (C=O) groups excluding carboxylic acids is 6. The first-order valence-electron chi connectivity index (χ1n) is 32.2. The van der Waals surface area contributed by atoms with Crippen LogP contribution in [0.1, 0.15) is 84.6 Å². The third-order valence-electron chi connectivity index (χ3n) is 17.8. The zero-order chi connectivity index (χ0) is 65.3. The van der Waals surface area contributed by atoms with Gasteiger partial charge in [0, 0.05) is 97.6 Å². The van der Waals surface area contributed by atoms with E-state index in [-0.39, 0.29) is 44.7 Å². The van der Waals surface area contributed by atoms with Gasteiger partial charge in [0.1, 0.15) is 41.2 Å². The molecule has 12 rings (SSSR count). The average molecular weight is 1250 g/mol. The summed E-state index contributed by atoms with van der Waals surface area (Å²) < 4.78 is 6.84. The van der Waals surface area contributed by atoms with Gasteiger partial charge in [-0.3, -0.25) is 28.8 Å². The first-order chi connectivity index (χ1) is 45.8. The minimum Gasteiger partial charge on any atom is -0.456 e. The molecule has 2 aliphatic heterocycles. The number of carbonyl (C=O) groups is 6. The van der Waals surface area contributed by atoms with Crippen LogP contribution < -0.4 is 42.0 Å². The minimum atomic E-state index is -1.26. The van der Waals surface area contributed by atoms with Gasteiger partial charge in [0.15, 0.2) is 0 Å². The highest BCUT2D eigenvalue weighted by molar-refractivity contribution is 6.05. The molecule has 0 saturated carbocycles. The van der Waals surface area contributed by atoms with Gasteiger partial charge in [-0.2, -0.15) is 0 Å². The quantitative estimate of drug-likeness (QED) is 0.0288. The largest absolute Gasteiger partial charge is 0.456 e. The van der Waals surface area contributed by atoms with Crippen molar-refractivity contribution in [3.63, 3.8) is 0 Å². The second-order valence-electron chi connectivity index (χ2n) is 24.2. The summed E-state index contributed by atoms with van der Waals surface area (Å²) in [6, 6.07) is 65.7. The number of hydrogen-bond acceptors (Lipinski definition) is 9. The van der Waals surface area contributed by atoms with E-state index < -0.39 is 59.2 Å². The molecule has 0 unspecified atom stereocenters. The van der Waals surface area contributed by atoms with Gasteiger partial charge in [0.25, 0.3) is 11.8 Å². The Morgan fingerprint density at radius 2 is 0.830 bits per heavy atom. The van der Waals surface area contributed by atoms with Gasteiger partial charge in [-0.25, -0.2) is 0 Å². The molecule has 7 N–H and O–H groups in total. The van der Waals surface area contributed by atoms with Gasteiger partial charge < -0.3 is 46.9 Å². The van der Waals surface area contributed by atoms with Crippen LogP contribution in [0.3, 0.4) is 0 Å². The van der Waals surface area contributed by atoms with E-state index in [2.05, 4.69) is 55.4 Å². The van der Waals surface area contributed by atoms with Crippen molar-refractivity contribution in [1.29, 1.82) is 0 Å². The van der Waals surface area contributed by atoms with E-state index >= 15 is 19.2 Å². The summed E-state index contributed by atoms with van der Waals surface area (Å²) in [4.78, 5) is 91.9. The number of rotatable bonds is 24. The molecular formula is C79H76N8O7. The summed E-state index contributed by atoms with van der Waals surface area (Å²) in [7, 11) is 0. The monoisotopic (exact) mass is 1250 g/mol. The summed E-state index contributed by atoms with van der Waals surface area (Å²) in [5.74, 6) is -1.92. The van der Waals surface area contributed by atoms with E-state index in [1.165, 1.54) is 0 Å². The summed E-state index contributed by atoms with van der Waals surface area (Å²) in [5.41, 5.74) is 8.84. The lowest BCUT2D eigenvalue weighted by atomic mass is 9.73. The molecule has 0 saturated heterocycles. The predicted molar refractivity (Wildman–Crippen MR) is 370 cm³/mol. The smallest absolute Gasteiger partial charge is 0.255 e. The van der Waals surface area contributed by atoms with Crippen molar-refractivity contribution in [3.8, 4) is 11.5 Å². The summed E-state index contributed by atoms with van der Waals surface area (Å²) in [6.45, 7) is 9.58. The van der Waals surface area contributed by atoms with Crippen molar-refractivity contribution in [3.05, 3.63) is 286 Å². The Morgan fingerprint density at radius 1 is 0.426 bits per heavy atom. The van der Waals surface area contributed by atoms with Gasteiger partial charge in [-0.05, 0) is 131 Å². The molecule has 4 atom stereocenters. The standard InChI is InChI=1S/C79H76N8O7/c1-5-80-65-48-71-63(39-50(65)3)79(64-40-51(4)66(81-6-2)49-72(64)94-71)62-34-22-21-33-61(62)78(93)87(79)38-37-82-74(89)67(41-52-23-11-7-12-24-52)84-76(91)69(43-54-27-15-9-16-28-54)86-77(92)70(44-55-29-17-10-18-30-55)85-75(90)68(42-53-25-13-8-14-26-53)83-73(88)59-36-35-58-45-56-31-19-20-32-57(56)46-60(58)47-59/h7-36,39-40,45-49,67-70,80-81H,5-6,37-38,41-44H2,1-4H3,(H,82,89)(H,83,88)(H,84,91)(H,85,90)(H,86,92)/t67-,68-,69-,70-/m0/s1. The molecule has 0 fully saturated rings. The number of benzene rings is 10. The molecule has 15 nitrogen and oxygen atoms in total. The fourth-order valence-corrected chi connectivity index (χ4v) is 13.2. The van der Waals surface area contributed by atoms with Crippen LogP contribution in [-0.2, 0) is 50.4 Å². The van der Waals surface area contributed by atoms with Crippen LogP contribution >= 0.6 is 0 Å². The number of fused-ring (bicyclic) bond motifs is 8. The number of aryl methyl sites for hydroxylation is 2. The lowest BCUT2D eigenvalue weighted by Crippen LogP contribution is -2.59. The number of anilines is 2. The summed E-state index contributed by atoms with van der Waals surface area (Å²) in [5, 5.41) is 26.0. The number of nitrogens with one attached hydrogen (secondary N) is 7. The van der Waals surface area contributed by atoms with E-state index in [4.69, 9.17) is 4.74 Å². The highest BCUT2D eigenvalue weighted by Gasteiger charge is 2.56. The molecule has 0 aromatic heterocycles. The SMILES string of the molecule is CCNc1cc2c(cc1C)C1(c3cc(C)c(NCC)cc3O2)c2ccccc2C(=O)N1CCNC(=O)[C@H](Cc1ccccc1)NC(=O)[C@H](Cc1ccccc1)NC(=O)[C@H](Cc1ccccc1)NC(=O)[C@H](Cc1ccccc1)NC(=O)c1ccc2cc3ccccc3cc2c1. The van der Waals surface area contributed by atoms with E-state index in [0.717, 1.165) is 83.0 Å². The van der Waals surface area contributed by atoms with Crippen LogP contribution in [-0.4, -0.2) is 90.7 Å². The van der Waals surface area contributed by atoms with Crippen LogP contribution in [0.25, 0.3) is 21.5 Å². The summed E-state index contributed by atoms with van der Waals surface area (Å²) >= 11 is 0. The van der Waals surface area contributed by atoms with Crippen molar-refractivity contribution in [2.24, 2.45) is 0 Å². The van der Waals surface area contributed by atoms with Crippen molar-refractivity contribution >= 4 is 68.4 Å². The highest BCUT2D eigenvalue weighted by atomic mass is 16.5. The average Bonchev–Trinajstić information content (AvgIpc) is 1.48. The van der Waals surface area contributed by atoms with Gasteiger partial charge in [0.05, 0.1) is 0 Å². The van der Waals surface area contributed by atoms with Crippen molar-refractivity contribution in [1.82, 2.24) is 31.5 Å². The lowest BCUT2D eigenvalue weighted by molar-refractivity contribution is -0.134. The topological polar surface area (TPSA) is 199 Å². The Hall–Kier alpha value is -11.1. The lowest BCUT2D eigenvalue weighted by Gasteiger charge is -2.45. The molecule has 10 aromatic carbocycles. The van der Waals surface area contributed by atoms with E-state index in [1.807, 2.05) is 233 Å². The Kier molecular flexibility index (Phi) is 18.9. The molecule has 0 aliphatic carbocycles. The molecule has 10 aromatic rings. The Balaban J connectivity index is 0.822. The number of amides is 6. The minimum absolute atomic E-state index is 0.00759. The maximum absolute atomic E-state index is 15.3. The van der Waals surface area contributed by atoms with Crippen molar-refractivity contribution in [2.75, 3.05) is 36.8 Å². The van der Waals surface area contributed by atoms with Crippen molar-refractivity contribution < 1.29 is 33.5 Å². The number of ether oxygens (including phenoxy) is 1. The van der Waals surface area contributed by atoms with Gasteiger partial charge >= 0.3 is 0 Å². The molecular weight excluding hydrogens is 1170 g/mol. The molecule has 15 heteroatoms. The highest BCUT2D eigenvalue weighted by Crippen LogP contribution is 2.58. The summed E-state index contributed by atoms with van der Waals surface area (Å²) in [6.07, 6.45) is 0.245. The second kappa shape index (κ2) is 28.2. The molecule has 94 heavy (non-hydrogen) atoms. The van der Waals surface area contributed by atoms with E-state index in [9.17, 15) is 9.59 Å². The third-order valence-corrected chi connectivity index (χ3v) is 17.8. The van der Waals surface area contributed by atoms with Crippen LogP contribution in [0.2, 0.25) is 0 Å². The number of nitrogens with zero attached hydrogens (tertiary/aromatic N) is 1. The second-order valence-corrected chi connectivity index (χ2v) is 24.2. The molecule has 2 aliphatic rings. The van der Waals surface area contributed by atoms with Crippen LogP contribution in [0, 0.1) is 13.8 Å². The zero-order valence-electron chi connectivity index (χ0n) is 53.1. The molecule has 0 radical (unpaired) electrons. The first-order valence-corrected chi connectivity index (χ1v) is 32.2. The molecule has 6 amide bonds.